The topological polar surface area (TPSA) is 81.2 Å². The molecule has 0 fully saturated rings. The van der Waals surface area contributed by atoms with Gasteiger partial charge >= 0.3 is 5.69 Å². The highest BCUT2D eigenvalue weighted by molar-refractivity contribution is 6.09. The minimum Gasteiger partial charge on any atom is -0.357 e. The number of aromatic amines is 1. The molecule has 2 aromatic rings. The van der Waals surface area contributed by atoms with E-state index in [2.05, 4.69) is 11.6 Å². The lowest BCUT2D eigenvalue weighted by Gasteiger charge is -2.15. The van der Waals surface area contributed by atoms with Crippen LogP contribution < -0.4 is 11.2 Å². The SMILES string of the molecule is C=CCOCn1c(C(=O)c2cc(C)cc(C)c2)c(CC)c(=O)[nH]c1=O. The number of rotatable bonds is 7. The Morgan fingerprint density at radius 1 is 1.24 bits per heavy atom. The second-order valence-corrected chi connectivity index (χ2v) is 5.86. The molecule has 0 saturated carbocycles. The van der Waals surface area contributed by atoms with E-state index in [0.29, 0.717) is 12.0 Å². The lowest BCUT2D eigenvalue weighted by molar-refractivity contribution is 0.0872. The molecule has 1 heterocycles. The van der Waals surface area contributed by atoms with Gasteiger partial charge in [-0.3, -0.25) is 19.1 Å². The van der Waals surface area contributed by atoms with Crippen LogP contribution in [0.4, 0.5) is 0 Å². The van der Waals surface area contributed by atoms with Crippen molar-refractivity contribution >= 4 is 5.78 Å². The Morgan fingerprint density at radius 3 is 2.44 bits per heavy atom. The summed E-state index contributed by atoms with van der Waals surface area (Å²) < 4.78 is 6.50. The van der Waals surface area contributed by atoms with Gasteiger partial charge < -0.3 is 4.74 Å². The molecule has 0 unspecified atom stereocenters. The fourth-order valence-corrected chi connectivity index (χ4v) is 2.79. The van der Waals surface area contributed by atoms with Crippen LogP contribution in [0.15, 0.2) is 40.4 Å². The second-order valence-electron chi connectivity index (χ2n) is 5.86. The van der Waals surface area contributed by atoms with Crippen molar-refractivity contribution in [3.05, 3.63) is 79.6 Å². The van der Waals surface area contributed by atoms with Gasteiger partial charge in [-0.05, 0) is 32.4 Å². The zero-order valence-electron chi connectivity index (χ0n) is 14.7. The van der Waals surface area contributed by atoms with E-state index in [1.54, 1.807) is 25.1 Å². The summed E-state index contributed by atoms with van der Waals surface area (Å²) >= 11 is 0. The number of nitrogens with one attached hydrogen (secondary N) is 1. The summed E-state index contributed by atoms with van der Waals surface area (Å²) in [6.45, 7) is 9.19. The molecular formula is C19H22N2O4. The highest BCUT2D eigenvalue weighted by atomic mass is 16.5. The van der Waals surface area contributed by atoms with Crippen LogP contribution in [0.25, 0.3) is 0 Å². The first-order chi connectivity index (χ1) is 11.9. The monoisotopic (exact) mass is 342 g/mol. The van der Waals surface area contributed by atoms with Gasteiger partial charge in [0.1, 0.15) is 12.4 Å². The van der Waals surface area contributed by atoms with Crippen molar-refractivity contribution in [1.82, 2.24) is 9.55 Å². The first-order valence-corrected chi connectivity index (χ1v) is 8.06. The Labute approximate surface area is 145 Å². The van der Waals surface area contributed by atoms with Crippen molar-refractivity contribution in [3.8, 4) is 0 Å². The van der Waals surface area contributed by atoms with Crippen LogP contribution in [0.1, 0.15) is 39.7 Å². The zero-order valence-corrected chi connectivity index (χ0v) is 14.7. The van der Waals surface area contributed by atoms with Crippen LogP contribution in [0, 0.1) is 13.8 Å². The van der Waals surface area contributed by atoms with Crippen LogP contribution >= 0.6 is 0 Å². The molecule has 2 rings (SSSR count). The highest BCUT2D eigenvalue weighted by Crippen LogP contribution is 2.15. The fraction of sp³-hybridized carbons (Fsp3) is 0.316. The van der Waals surface area contributed by atoms with Crippen molar-refractivity contribution in [2.24, 2.45) is 0 Å². The summed E-state index contributed by atoms with van der Waals surface area (Å²) in [6, 6.07) is 5.44. The molecule has 132 valence electrons. The van der Waals surface area contributed by atoms with E-state index in [-0.39, 0.29) is 30.4 Å². The van der Waals surface area contributed by atoms with Gasteiger partial charge in [0.2, 0.25) is 5.78 Å². The Kier molecular flexibility index (Phi) is 5.88. The van der Waals surface area contributed by atoms with E-state index in [1.807, 2.05) is 19.9 Å². The predicted octanol–water partition coefficient (Wildman–Crippen LogP) is 2.11. The van der Waals surface area contributed by atoms with Gasteiger partial charge in [-0.25, -0.2) is 4.79 Å². The summed E-state index contributed by atoms with van der Waals surface area (Å²) in [5.74, 6) is -0.367. The number of aromatic nitrogens is 2. The van der Waals surface area contributed by atoms with Gasteiger partial charge in [-0.15, -0.1) is 6.58 Å². The normalized spacial score (nSPS) is 10.7. The third kappa shape index (κ3) is 4.03. The number of hydrogen-bond donors (Lipinski definition) is 1. The molecule has 0 aliphatic rings. The maximum Gasteiger partial charge on any atom is 0.330 e. The van der Waals surface area contributed by atoms with Crippen molar-refractivity contribution in [2.45, 2.75) is 33.9 Å². The average Bonchev–Trinajstić information content (AvgIpc) is 2.55. The molecule has 1 N–H and O–H groups in total. The molecule has 6 nitrogen and oxygen atoms in total. The molecule has 0 bridgehead atoms. The number of hydrogen-bond acceptors (Lipinski definition) is 4. The quantitative estimate of drug-likeness (QED) is 0.475. The Bertz CT molecular complexity index is 902. The molecule has 0 amide bonds. The van der Waals surface area contributed by atoms with Gasteiger partial charge in [0.15, 0.2) is 0 Å². The minimum absolute atomic E-state index is 0.0744. The number of carbonyl (C=O) groups excluding carboxylic acids is 1. The number of carbonyl (C=O) groups is 1. The average molecular weight is 342 g/mol. The first kappa shape index (κ1) is 18.6. The third-order valence-electron chi connectivity index (χ3n) is 3.80. The molecule has 25 heavy (non-hydrogen) atoms. The maximum absolute atomic E-state index is 13.1. The van der Waals surface area contributed by atoms with E-state index in [0.717, 1.165) is 11.1 Å². The number of H-pyrrole nitrogens is 1. The maximum atomic E-state index is 13.1. The molecule has 0 radical (unpaired) electrons. The van der Waals surface area contributed by atoms with Crippen molar-refractivity contribution in [2.75, 3.05) is 6.61 Å². The van der Waals surface area contributed by atoms with Crippen LogP contribution in [-0.4, -0.2) is 21.9 Å². The summed E-state index contributed by atoms with van der Waals surface area (Å²) in [5.41, 5.74) is 1.44. The van der Waals surface area contributed by atoms with E-state index >= 15 is 0 Å². The van der Waals surface area contributed by atoms with Crippen LogP contribution in [0.3, 0.4) is 0 Å². The Hall–Kier alpha value is -2.73. The standard InChI is InChI=1S/C19H22N2O4/c1-5-7-25-11-21-16(15(6-2)18(23)20-19(21)24)17(22)14-9-12(3)8-13(4)10-14/h5,8-10H,1,6-7,11H2,2-4H3,(H,20,23,24). The van der Waals surface area contributed by atoms with E-state index in [9.17, 15) is 14.4 Å². The zero-order chi connectivity index (χ0) is 18.6. The summed E-state index contributed by atoms with van der Waals surface area (Å²) in [7, 11) is 0. The minimum atomic E-state index is -0.668. The molecule has 1 aromatic carbocycles. The number of nitrogens with zero attached hydrogens (tertiary/aromatic N) is 1. The van der Waals surface area contributed by atoms with Crippen molar-refractivity contribution < 1.29 is 9.53 Å². The van der Waals surface area contributed by atoms with Gasteiger partial charge in [0.25, 0.3) is 5.56 Å². The van der Waals surface area contributed by atoms with E-state index in [4.69, 9.17) is 4.74 Å². The molecule has 0 saturated heterocycles. The molecule has 0 aliphatic carbocycles. The molecule has 6 heteroatoms. The Balaban J connectivity index is 2.67. The third-order valence-corrected chi connectivity index (χ3v) is 3.80. The highest BCUT2D eigenvalue weighted by Gasteiger charge is 2.22. The lowest BCUT2D eigenvalue weighted by atomic mass is 9.99. The van der Waals surface area contributed by atoms with Gasteiger partial charge in [-0.1, -0.05) is 30.2 Å². The molecule has 0 atom stereocenters. The van der Waals surface area contributed by atoms with Gasteiger partial charge in [-0.2, -0.15) is 0 Å². The predicted molar refractivity (Wildman–Crippen MR) is 96.2 cm³/mol. The van der Waals surface area contributed by atoms with Crippen molar-refractivity contribution in [3.63, 3.8) is 0 Å². The molecular weight excluding hydrogens is 320 g/mol. The summed E-state index contributed by atoms with van der Waals surface area (Å²) in [6.07, 6.45) is 1.87. The molecule has 1 aromatic heterocycles. The number of aryl methyl sites for hydroxylation is 2. The summed E-state index contributed by atoms with van der Waals surface area (Å²) in [4.78, 5) is 39.8. The molecule has 0 spiro atoms. The van der Waals surface area contributed by atoms with E-state index < -0.39 is 11.2 Å². The Morgan fingerprint density at radius 2 is 1.88 bits per heavy atom. The van der Waals surface area contributed by atoms with E-state index in [1.165, 1.54) is 4.57 Å². The number of ether oxygens (including phenoxy) is 1. The summed E-state index contributed by atoms with van der Waals surface area (Å²) in [5, 5.41) is 0. The van der Waals surface area contributed by atoms with Gasteiger partial charge in [0, 0.05) is 11.1 Å². The van der Waals surface area contributed by atoms with Crippen LogP contribution in [0.5, 0.6) is 0 Å². The first-order valence-electron chi connectivity index (χ1n) is 8.06. The number of benzene rings is 1. The lowest BCUT2D eigenvalue weighted by Crippen LogP contribution is -2.38. The van der Waals surface area contributed by atoms with Crippen molar-refractivity contribution in [1.29, 1.82) is 0 Å². The second kappa shape index (κ2) is 7.90. The largest absolute Gasteiger partial charge is 0.357 e. The van der Waals surface area contributed by atoms with Crippen LogP contribution in [0.2, 0.25) is 0 Å². The smallest absolute Gasteiger partial charge is 0.330 e. The van der Waals surface area contributed by atoms with Crippen LogP contribution in [-0.2, 0) is 17.9 Å². The number of ketones is 1. The fourth-order valence-electron chi connectivity index (χ4n) is 2.79. The molecule has 0 aliphatic heterocycles. The van der Waals surface area contributed by atoms with Gasteiger partial charge in [0.05, 0.1) is 6.61 Å².